The van der Waals surface area contributed by atoms with Crippen molar-refractivity contribution >= 4 is 15.9 Å². The summed E-state index contributed by atoms with van der Waals surface area (Å²) in [6.45, 7) is 0. The monoisotopic (exact) mass is 283 g/mol. The van der Waals surface area contributed by atoms with Gasteiger partial charge in [0, 0.05) is 0 Å². The number of alkyl halides is 3. The Morgan fingerprint density at radius 1 is 1.33 bits per heavy atom. The summed E-state index contributed by atoms with van der Waals surface area (Å²) in [5.41, 5.74) is -0.516. The maximum Gasteiger partial charge on any atom is 0.573 e. The van der Waals surface area contributed by atoms with Gasteiger partial charge in [-0.15, -0.1) is 13.2 Å². The minimum Gasteiger partial charge on any atom is -0.401 e. The van der Waals surface area contributed by atoms with Gasteiger partial charge in [-0.3, -0.25) is 0 Å². The summed E-state index contributed by atoms with van der Waals surface area (Å²) in [6.07, 6.45) is -5.00. The van der Waals surface area contributed by atoms with Gasteiger partial charge in [-0.05, 0) is 28.1 Å². The quantitative estimate of drug-likeness (QED) is 0.741. The van der Waals surface area contributed by atoms with Crippen LogP contribution in [0.5, 0.6) is 5.75 Å². The van der Waals surface area contributed by atoms with Crippen molar-refractivity contribution in [3.05, 3.63) is 28.0 Å². The lowest BCUT2D eigenvalue weighted by molar-refractivity contribution is -0.275. The minimum atomic E-state index is -5.00. The van der Waals surface area contributed by atoms with E-state index in [0.717, 1.165) is 12.1 Å². The molecule has 0 atom stereocenters. The normalized spacial score (nSPS) is 10.9. The fourth-order valence-corrected chi connectivity index (χ4v) is 1.22. The second-order valence-corrected chi connectivity index (χ2v) is 3.25. The molecule has 1 rings (SSSR count). The number of hydrogen-bond donors (Lipinski definition) is 0. The van der Waals surface area contributed by atoms with E-state index in [-0.39, 0.29) is 4.47 Å². The van der Waals surface area contributed by atoms with E-state index in [1.54, 1.807) is 0 Å². The Morgan fingerprint density at radius 3 is 2.40 bits per heavy atom. The molecule has 0 heterocycles. The van der Waals surface area contributed by atoms with Crippen molar-refractivity contribution in [1.82, 2.24) is 0 Å². The Labute approximate surface area is 90.2 Å². The predicted octanol–water partition coefficient (Wildman–Crippen LogP) is 3.36. The highest BCUT2D eigenvalue weighted by Gasteiger charge is 2.34. The topological polar surface area (TPSA) is 33.0 Å². The molecule has 0 aromatic heterocycles. The molecule has 80 valence electrons. The number of nitriles is 1. The van der Waals surface area contributed by atoms with Crippen LogP contribution in [-0.4, -0.2) is 6.36 Å². The SMILES string of the molecule is N#Cc1ccc(Br)c(OC(F)(F)F)c1F. The Bertz CT molecular complexity index is 424. The first kappa shape index (κ1) is 11.8. The van der Waals surface area contributed by atoms with Crippen LogP contribution in [0.25, 0.3) is 0 Å². The van der Waals surface area contributed by atoms with Crippen molar-refractivity contribution in [1.29, 1.82) is 5.26 Å². The summed E-state index contributed by atoms with van der Waals surface area (Å²) in [7, 11) is 0. The lowest BCUT2D eigenvalue weighted by Crippen LogP contribution is -2.18. The summed E-state index contributed by atoms with van der Waals surface area (Å²) >= 11 is 2.69. The molecule has 0 radical (unpaired) electrons. The van der Waals surface area contributed by atoms with Crippen LogP contribution >= 0.6 is 15.9 Å². The van der Waals surface area contributed by atoms with E-state index in [4.69, 9.17) is 5.26 Å². The molecule has 15 heavy (non-hydrogen) atoms. The Hall–Kier alpha value is -1.29. The first-order chi connectivity index (χ1) is 6.85. The van der Waals surface area contributed by atoms with Crippen LogP contribution in [-0.2, 0) is 0 Å². The molecule has 0 aliphatic carbocycles. The lowest BCUT2D eigenvalue weighted by atomic mass is 10.2. The number of nitrogens with zero attached hydrogens (tertiary/aromatic N) is 1. The smallest absolute Gasteiger partial charge is 0.401 e. The zero-order valence-corrected chi connectivity index (χ0v) is 8.49. The standard InChI is InChI=1S/C8H2BrF4NO/c9-5-2-1-4(3-14)6(10)7(5)15-8(11,12)13/h1-2H. The molecule has 7 heteroatoms. The van der Waals surface area contributed by atoms with E-state index in [0.29, 0.717) is 0 Å². The predicted molar refractivity (Wildman–Crippen MR) is 45.5 cm³/mol. The van der Waals surface area contributed by atoms with E-state index >= 15 is 0 Å². The molecule has 0 fully saturated rings. The second-order valence-electron chi connectivity index (χ2n) is 2.40. The lowest BCUT2D eigenvalue weighted by Gasteiger charge is -2.11. The molecule has 1 aromatic rings. The Morgan fingerprint density at radius 2 is 1.93 bits per heavy atom. The third kappa shape index (κ3) is 2.83. The van der Waals surface area contributed by atoms with Crippen molar-refractivity contribution in [3.8, 4) is 11.8 Å². The van der Waals surface area contributed by atoms with E-state index in [2.05, 4.69) is 20.7 Å². The van der Waals surface area contributed by atoms with Crippen LogP contribution in [0.15, 0.2) is 16.6 Å². The highest BCUT2D eigenvalue weighted by molar-refractivity contribution is 9.10. The maximum atomic E-state index is 13.2. The van der Waals surface area contributed by atoms with Crippen LogP contribution in [0.4, 0.5) is 17.6 Å². The zero-order chi connectivity index (χ0) is 11.6. The van der Waals surface area contributed by atoms with E-state index < -0.39 is 23.5 Å². The largest absolute Gasteiger partial charge is 0.573 e. The Kier molecular flexibility index (Phi) is 3.19. The second kappa shape index (κ2) is 4.06. The zero-order valence-electron chi connectivity index (χ0n) is 6.90. The molecule has 0 saturated heterocycles. The maximum absolute atomic E-state index is 13.2. The highest BCUT2D eigenvalue weighted by Crippen LogP contribution is 2.34. The number of hydrogen-bond acceptors (Lipinski definition) is 2. The van der Waals surface area contributed by atoms with Gasteiger partial charge in [-0.2, -0.15) is 5.26 Å². The Balaban J connectivity index is 3.23. The number of halogens is 5. The fraction of sp³-hybridized carbons (Fsp3) is 0.125. The molecule has 0 aliphatic rings. The molecule has 0 N–H and O–H groups in total. The van der Waals surface area contributed by atoms with Crippen LogP contribution < -0.4 is 4.74 Å². The summed E-state index contributed by atoms with van der Waals surface area (Å²) in [4.78, 5) is 0. The van der Waals surface area contributed by atoms with Crippen LogP contribution in [0.2, 0.25) is 0 Å². The molecular weight excluding hydrogens is 282 g/mol. The van der Waals surface area contributed by atoms with Crippen molar-refractivity contribution < 1.29 is 22.3 Å². The van der Waals surface area contributed by atoms with Crippen molar-refractivity contribution in [2.24, 2.45) is 0 Å². The average molecular weight is 284 g/mol. The van der Waals surface area contributed by atoms with Gasteiger partial charge in [0.25, 0.3) is 0 Å². The van der Waals surface area contributed by atoms with Gasteiger partial charge in [-0.1, -0.05) is 0 Å². The van der Waals surface area contributed by atoms with Gasteiger partial charge < -0.3 is 4.74 Å². The summed E-state index contributed by atoms with van der Waals surface area (Å²) < 4.78 is 51.9. The van der Waals surface area contributed by atoms with Gasteiger partial charge in [0.2, 0.25) is 0 Å². The van der Waals surface area contributed by atoms with Gasteiger partial charge in [0.1, 0.15) is 6.07 Å². The summed E-state index contributed by atoms with van der Waals surface area (Å²) in [5, 5.41) is 8.39. The third-order valence-electron chi connectivity index (χ3n) is 1.39. The van der Waals surface area contributed by atoms with Crippen LogP contribution in [0.3, 0.4) is 0 Å². The van der Waals surface area contributed by atoms with Gasteiger partial charge in [-0.25, -0.2) is 4.39 Å². The molecule has 0 spiro atoms. The molecule has 0 bridgehead atoms. The fourth-order valence-electron chi connectivity index (χ4n) is 0.828. The van der Waals surface area contributed by atoms with Gasteiger partial charge >= 0.3 is 6.36 Å². The van der Waals surface area contributed by atoms with Crippen molar-refractivity contribution in [2.75, 3.05) is 0 Å². The molecular formula is C8H2BrF4NO. The number of benzene rings is 1. The minimum absolute atomic E-state index is 0.212. The molecule has 2 nitrogen and oxygen atoms in total. The van der Waals surface area contributed by atoms with Gasteiger partial charge in [0.05, 0.1) is 10.0 Å². The van der Waals surface area contributed by atoms with Gasteiger partial charge in [0.15, 0.2) is 11.6 Å². The van der Waals surface area contributed by atoms with E-state index in [1.165, 1.54) is 6.07 Å². The number of rotatable bonds is 1. The molecule has 0 aliphatic heterocycles. The van der Waals surface area contributed by atoms with Crippen molar-refractivity contribution in [3.63, 3.8) is 0 Å². The van der Waals surface area contributed by atoms with Crippen LogP contribution in [0, 0.1) is 17.1 Å². The molecule has 1 aromatic carbocycles. The highest BCUT2D eigenvalue weighted by atomic mass is 79.9. The van der Waals surface area contributed by atoms with E-state index in [1.807, 2.05) is 0 Å². The first-order valence-corrected chi connectivity index (χ1v) is 4.28. The number of ether oxygens (including phenoxy) is 1. The first-order valence-electron chi connectivity index (χ1n) is 3.49. The molecule has 0 saturated carbocycles. The third-order valence-corrected chi connectivity index (χ3v) is 2.01. The van der Waals surface area contributed by atoms with E-state index in [9.17, 15) is 17.6 Å². The van der Waals surface area contributed by atoms with Crippen molar-refractivity contribution in [2.45, 2.75) is 6.36 Å². The van der Waals surface area contributed by atoms with Crippen LogP contribution in [0.1, 0.15) is 5.56 Å². The summed E-state index contributed by atoms with van der Waals surface area (Å²) in [6, 6.07) is 3.55. The molecule has 0 amide bonds. The molecule has 0 unspecified atom stereocenters. The average Bonchev–Trinajstić information content (AvgIpc) is 2.11. The summed E-state index contributed by atoms with van der Waals surface area (Å²) in [5.74, 6) is -2.38.